The number of amides is 1. The molecule has 0 atom stereocenters. The lowest BCUT2D eigenvalue weighted by molar-refractivity contribution is 0.0946. The van der Waals surface area contributed by atoms with Crippen LogP contribution >= 0.6 is 0 Å². The number of para-hydroxylation sites is 1. The number of carbonyl (C=O) groups excluding carboxylic acids is 1. The Kier molecular flexibility index (Phi) is 4.21. The molecule has 0 saturated heterocycles. The van der Waals surface area contributed by atoms with Crippen molar-refractivity contribution in [1.82, 2.24) is 35.1 Å². The first-order valence-electron chi connectivity index (χ1n) is 8.01. The monoisotopic (exact) mass is 345 g/mol. The van der Waals surface area contributed by atoms with Crippen molar-refractivity contribution in [3.63, 3.8) is 0 Å². The lowest BCUT2D eigenvalue weighted by Gasteiger charge is -2.08. The van der Waals surface area contributed by atoms with Crippen LogP contribution < -0.4 is 5.32 Å². The topological polar surface area (TPSA) is 90.5 Å². The van der Waals surface area contributed by atoms with Crippen LogP contribution in [0.1, 0.15) is 16.1 Å². The number of hydrogen-bond donors (Lipinski definition) is 1. The van der Waals surface area contributed by atoms with Crippen molar-refractivity contribution >= 4 is 5.91 Å². The maximum Gasteiger partial charge on any atom is 0.273 e. The summed E-state index contributed by atoms with van der Waals surface area (Å²) in [7, 11) is 0. The second kappa shape index (κ2) is 6.98. The fourth-order valence-electron chi connectivity index (χ4n) is 2.51. The van der Waals surface area contributed by atoms with E-state index in [2.05, 4.69) is 25.7 Å². The third-order valence-corrected chi connectivity index (χ3v) is 3.78. The highest BCUT2D eigenvalue weighted by Gasteiger charge is 2.13. The predicted octanol–water partition coefficient (Wildman–Crippen LogP) is 1.78. The van der Waals surface area contributed by atoms with Crippen LogP contribution in [-0.4, -0.2) is 35.7 Å². The number of aromatic nitrogens is 6. The van der Waals surface area contributed by atoms with Gasteiger partial charge in [0, 0.05) is 30.7 Å². The van der Waals surface area contributed by atoms with Gasteiger partial charge in [-0.2, -0.15) is 5.10 Å². The molecule has 0 aliphatic heterocycles. The molecule has 128 valence electrons. The minimum Gasteiger partial charge on any atom is -0.346 e. The van der Waals surface area contributed by atoms with Gasteiger partial charge in [-0.25, -0.2) is 14.3 Å². The van der Waals surface area contributed by atoms with Gasteiger partial charge in [0.15, 0.2) is 11.5 Å². The zero-order chi connectivity index (χ0) is 17.8. The Labute approximate surface area is 149 Å². The smallest absolute Gasteiger partial charge is 0.273 e. The number of nitrogens with zero attached hydrogens (tertiary/aromatic N) is 6. The molecule has 1 aromatic carbocycles. The van der Waals surface area contributed by atoms with Crippen LogP contribution in [0, 0.1) is 0 Å². The lowest BCUT2D eigenvalue weighted by Crippen LogP contribution is -2.24. The van der Waals surface area contributed by atoms with Gasteiger partial charge < -0.3 is 5.32 Å². The van der Waals surface area contributed by atoms with Crippen LogP contribution in [0.4, 0.5) is 0 Å². The zero-order valence-corrected chi connectivity index (χ0v) is 13.7. The quantitative estimate of drug-likeness (QED) is 0.595. The number of rotatable bonds is 5. The first-order chi connectivity index (χ1) is 12.8. The van der Waals surface area contributed by atoms with Crippen LogP contribution in [0.15, 0.2) is 73.3 Å². The number of pyridine rings is 1. The maximum absolute atomic E-state index is 12.4. The molecule has 1 N–H and O–H groups in total. The van der Waals surface area contributed by atoms with E-state index < -0.39 is 0 Å². The normalized spacial score (nSPS) is 10.6. The molecule has 0 radical (unpaired) electrons. The molecule has 0 spiro atoms. The zero-order valence-electron chi connectivity index (χ0n) is 13.7. The Morgan fingerprint density at radius 1 is 1.00 bits per heavy atom. The number of hydrogen-bond acceptors (Lipinski definition) is 5. The molecule has 0 aliphatic carbocycles. The van der Waals surface area contributed by atoms with Crippen molar-refractivity contribution in [3.8, 4) is 11.5 Å². The van der Waals surface area contributed by atoms with Crippen molar-refractivity contribution in [2.45, 2.75) is 6.54 Å². The summed E-state index contributed by atoms with van der Waals surface area (Å²) in [5.41, 5.74) is 1.94. The van der Waals surface area contributed by atoms with E-state index in [0.717, 1.165) is 11.3 Å². The van der Waals surface area contributed by atoms with E-state index in [1.807, 2.05) is 48.5 Å². The van der Waals surface area contributed by atoms with E-state index in [1.54, 1.807) is 34.2 Å². The third kappa shape index (κ3) is 3.20. The van der Waals surface area contributed by atoms with Gasteiger partial charge in [-0.05, 0) is 24.3 Å². The average molecular weight is 345 g/mol. The van der Waals surface area contributed by atoms with E-state index in [4.69, 9.17) is 0 Å². The lowest BCUT2D eigenvalue weighted by atomic mass is 10.2. The highest BCUT2D eigenvalue weighted by molar-refractivity contribution is 5.91. The summed E-state index contributed by atoms with van der Waals surface area (Å²) in [6.07, 6.45) is 6.77. The number of carbonyl (C=O) groups is 1. The average Bonchev–Trinajstić information content (AvgIpc) is 3.39. The molecule has 0 aliphatic rings. The van der Waals surface area contributed by atoms with Crippen molar-refractivity contribution < 1.29 is 4.79 Å². The highest BCUT2D eigenvalue weighted by Crippen LogP contribution is 2.10. The summed E-state index contributed by atoms with van der Waals surface area (Å²) < 4.78 is 3.22. The number of nitrogens with one attached hydrogen (secondary N) is 1. The highest BCUT2D eigenvalue weighted by atomic mass is 16.2. The Hall–Kier alpha value is -3.81. The standard InChI is InChI=1S/C18H15N7O/c26-18(16-13-25(23-22-16)15-7-2-1-3-8-15)20-12-14-6-4-9-19-17(14)24-11-5-10-21-24/h1-11,13H,12H2,(H,20,26). The number of benzene rings is 1. The Morgan fingerprint density at radius 3 is 2.69 bits per heavy atom. The molecule has 4 rings (SSSR count). The molecule has 8 heteroatoms. The fourth-order valence-corrected chi connectivity index (χ4v) is 2.51. The summed E-state index contributed by atoms with van der Waals surface area (Å²) in [6, 6.07) is 15.0. The molecule has 26 heavy (non-hydrogen) atoms. The second-order valence-corrected chi connectivity index (χ2v) is 5.50. The van der Waals surface area contributed by atoms with Gasteiger partial charge in [0.2, 0.25) is 0 Å². The summed E-state index contributed by atoms with van der Waals surface area (Å²) in [6.45, 7) is 0.306. The molecule has 3 aromatic heterocycles. The van der Waals surface area contributed by atoms with Gasteiger partial charge in [-0.1, -0.05) is 29.5 Å². The molecular formula is C18H15N7O. The minimum absolute atomic E-state index is 0.249. The molecule has 3 heterocycles. The molecular weight excluding hydrogens is 330 g/mol. The molecule has 8 nitrogen and oxygen atoms in total. The summed E-state index contributed by atoms with van der Waals surface area (Å²) in [5.74, 6) is 0.369. The Morgan fingerprint density at radius 2 is 1.88 bits per heavy atom. The van der Waals surface area contributed by atoms with Crippen molar-refractivity contribution in [2.24, 2.45) is 0 Å². The second-order valence-electron chi connectivity index (χ2n) is 5.50. The molecule has 0 unspecified atom stereocenters. The van der Waals surface area contributed by atoms with Gasteiger partial charge in [0.05, 0.1) is 11.9 Å². The molecule has 0 bridgehead atoms. The van der Waals surface area contributed by atoms with Gasteiger partial charge >= 0.3 is 0 Å². The van der Waals surface area contributed by atoms with E-state index in [0.29, 0.717) is 12.4 Å². The Bertz CT molecular complexity index is 1010. The summed E-state index contributed by atoms with van der Waals surface area (Å²) >= 11 is 0. The molecule has 0 saturated carbocycles. The van der Waals surface area contributed by atoms with Crippen LogP contribution in [0.3, 0.4) is 0 Å². The summed E-state index contributed by atoms with van der Waals surface area (Å²) in [5, 5.41) is 15.0. The largest absolute Gasteiger partial charge is 0.346 e. The van der Waals surface area contributed by atoms with Crippen LogP contribution in [0.25, 0.3) is 11.5 Å². The predicted molar refractivity (Wildman–Crippen MR) is 93.9 cm³/mol. The molecule has 4 aromatic rings. The van der Waals surface area contributed by atoms with E-state index >= 15 is 0 Å². The van der Waals surface area contributed by atoms with Gasteiger partial charge in [-0.3, -0.25) is 4.79 Å². The van der Waals surface area contributed by atoms with Crippen molar-refractivity contribution in [2.75, 3.05) is 0 Å². The fraction of sp³-hybridized carbons (Fsp3) is 0.0556. The van der Waals surface area contributed by atoms with Crippen LogP contribution in [0.2, 0.25) is 0 Å². The van der Waals surface area contributed by atoms with E-state index in [-0.39, 0.29) is 11.6 Å². The van der Waals surface area contributed by atoms with E-state index in [1.165, 1.54) is 0 Å². The first kappa shape index (κ1) is 15.7. The maximum atomic E-state index is 12.4. The van der Waals surface area contributed by atoms with Gasteiger partial charge in [0.1, 0.15) is 0 Å². The van der Waals surface area contributed by atoms with Crippen LogP contribution in [0.5, 0.6) is 0 Å². The van der Waals surface area contributed by atoms with Gasteiger partial charge in [-0.15, -0.1) is 5.10 Å². The molecule has 1 amide bonds. The first-order valence-corrected chi connectivity index (χ1v) is 8.01. The van der Waals surface area contributed by atoms with Crippen LogP contribution in [-0.2, 0) is 6.54 Å². The van der Waals surface area contributed by atoms with E-state index in [9.17, 15) is 4.79 Å². The van der Waals surface area contributed by atoms with Crippen molar-refractivity contribution in [1.29, 1.82) is 0 Å². The SMILES string of the molecule is O=C(NCc1cccnc1-n1cccn1)c1cn(-c2ccccc2)nn1. The summed E-state index contributed by atoms with van der Waals surface area (Å²) in [4.78, 5) is 16.7. The van der Waals surface area contributed by atoms with Crippen molar-refractivity contribution in [3.05, 3.63) is 84.6 Å². The third-order valence-electron chi connectivity index (χ3n) is 3.78. The minimum atomic E-state index is -0.303. The van der Waals surface area contributed by atoms with Gasteiger partial charge in [0.25, 0.3) is 5.91 Å². The Balaban J connectivity index is 1.48. The molecule has 0 fully saturated rings.